The molecule has 0 aliphatic heterocycles. The van der Waals surface area contributed by atoms with Crippen LogP contribution in [0.4, 0.5) is 14.5 Å². The number of para-hydroxylation sites is 1. The lowest BCUT2D eigenvalue weighted by Gasteiger charge is -2.13. The Morgan fingerprint density at radius 2 is 1.66 bits per heavy atom. The zero-order chi connectivity index (χ0) is 20.7. The summed E-state index contributed by atoms with van der Waals surface area (Å²) in [6.07, 6.45) is 0.0691. The smallest absolute Gasteiger partial charge is 0.256 e. The first-order chi connectivity index (χ1) is 13.9. The fraction of sp³-hybridized carbons (Fsp3) is 0.0870. The van der Waals surface area contributed by atoms with Gasteiger partial charge in [0.15, 0.2) is 0 Å². The fourth-order valence-electron chi connectivity index (χ4n) is 3.49. The monoisotopic (exact) mass is 410 g/mol. The van der Waals surface area contributed by atoms with E-state index in [1.54, 1.807) is 19.2 Å². The van der Waals surface area contributed by atoms with Crippen molar-refractivity contribution in [1.29, 1.82) is 0 Å². The van der Waals surface area contributed by atoms with Crippen molar-refractivity contribution in [3.05, 3.63) is 98.8 Å². The van der Waals surface area contributed by atoms with Gasteiger partial charge in [0.1, 0.15) is 11.6 Å². The summed E-state index contributed by atoms with van der Waals surface area (Å²) in [6.45, 7) is 0. The molecule has 3 nitrogen and oxygen atoms in total. The molecule has 0 fully saturated rings. The first kappa shape index (κ1) is 19.2. The number of halogens is 3. The normalized spacial score (nSPS) is 11.2. The van der Waals surface area contributed by atoms with Crippen LogP contribution in [-0.2, 0) is 13.5 Å². The van der Waals surface area contributed by atoms with Crippen LogP contribution in [0.5, 0.6) is 0 Å². The standard InChI is InChI=1S/C23H17ClF2N2O/c1-28-21-5-3-2-4-16(21)22(27)17(23(28)29)10-15-7-6-14(12-20(15)26)13-8-9-19(25)18(24)11-13/h2-9,11-12H,10,27H2,1H3. The second kappa shape index (κ2) is 7.33. The first-order valence-corrected chi connectivity index (χ1v) is 9.34. The summed E-state index contributed by atoms with van der Waals surface area (Å²) in [5, 5.41) is 0.724. The maximum absolute atomic E-state index is 14.8. The molecule has 0 aliphatic carbocycles. The van der Waals surface area contributed by atoms with Crippen molar-refractivity contribution in [3.63, 3.8) is 0 Å². The highest BCUT2D eigenvalue weighted by molar-refractivity contribution is 6.31. The number of nitrogen functional groups attached to an aromatic ring is 1. The number of hydrogen-bond acceptors (Lipinski definition) is 2. The zero-order valence-corrected chi connectivity index (χ0v) is 16.3. The molecule has 6 heteroatoms. The van der Waals surface area contributed by atoms with Gasteiger partial charge in [-0.3, -0.25) is 4.79 Å². The average molecular weight is 411 g/mol. The third kappa shape index (κ3) is 3.38. The van der Waals surface area contributed by atoms with Gasteiger partial charge in [0.2, 0.25) is 0 Å². The summed E-state index contributed by atoms with van der Waals surface area (Å²) in [5.74, 6) is -1.01. The molecule has 0 radical (unpaired) electrons. The van der Waals surface area contributed by atoms with Crippen LogP contribution in [0.1, 0.15) is 11.1 Å². The van der Waals surface area contributed by atoms with Gasteiger partial charge in [-0.05, 0) is 41.0 Å². The van der Waals surface area contributed by atoms with E-state index in [9.17, 15) is 13.6 Å². The predicted molar refractivity (Wildman–Crippen MR) is 113 cm³/mol. The molecule has 1 aromatic heterocycles. The first-order valence-electron chi connectivity index (χ1n) is 8.96. The Morgan fingerprint density at radius 1 is 0.966 bits per heavy atom. The van der Waals surface area contributed by atoms with Crippen molar-refractivity contribution >= 4 is 28.2 Å². The number of benzene rings is 3. The Bertz CT molecular complexity index is 1310. The lowest BCUT2D eigenvalue weighted by molar-refractivity contribution is 0.614. The van der Waals surface area contributed by atoms with E-state index < -0.39 is 11.6 Å². The molecule has 0 saturated heterocycles. The Balaban J connectivity index is 1.76. The molecule has 0 spiro atoms. The molecule has 3 aromatic carbocycles. The van der Waals surface area contributed by atoms with Crippen LogP contribution < -0.4 is 11.3 Å². The van der Waals surface area contributed by atoms with Gasteiger partial charge >= 0.3 is 0 Å². The van der Waals surface area contributed by atoms with E-state index in [1.807, 2.05) is 24.3 Å². The number of hydrogen-bond donors (Lipinski definition) is 1. The lowest BCUT2D eigenvalue weighted by Crippen LogP contribution is -2.24. The topological polar surface area (TPSA) is 48.0 Å². The van der Waals surface area contributed by atoms with E-state index in [1.165, 1.54) is 28.8 Å². The minimum atomic E-state index is -0.532. The van der Waals surface area contributed by atoms with Gasteiger partial charge in [0, 0.05) is 30.1 Å². The highest BCUT2D eigenvalue weighted by Crippen LogP contribution is 2.28. The molecule has 0 aliphatic rings. The highest BCUT2D eigenvalue weighted by atomic mass is 35.5. The lowest BCUT2D eigenvalue weighted by atomic mass is 9.98. The number of aromatic nitrogens is 1. The second-order valence-corrected chi connectivity index (χ2v) is 7.29. The second-order valence-electron chi connectivity index (χ2n) is 6.89. The molecule has 29 heavy (non-hydrogen) atoms. The summed E-state index contributed by atoms with van der Waals surface area (Å²) >= 11 is 5.82. The van der Waals surface area contributed by atoms with Gasteiger partial charge in [0.05, 0.1) is 10.5 Å². The van der Waals surface area contributed by atoms with Crippen LogP contribution in [0.2, 0.25) is 5.02 Å². The summed E-state index contributed by atoms with van der Waals surface area (Å²) in [6, 6.07) is 16.2. The predicted octanol–water partition coefficient (Wildman–Crippen LogP) is 5.31. The Hall–Kier alpha value is -3.18. The molecule has 0 unspecified atom stereocenters. The number of pyridine rings is 1. The van der Waals surface area contributed by atoms with Crippen molar-refractivity contribution in [2.75, 3.05) is 5.73 Å². The van der Waals surface area contributed by atoms with Crippen LogP contribution in [0.25, 0.3) is 22.0 Å². The minimum Gasteiger partial charge on any atom is -0.398 e. The van der Waals surface area contributed by atoms with Gasteiger partial charge in [-0.25, -0.2) is 8.78 Å². The molecule has 0 saturated carbocycles. The number of anilines is 1. The van der Waals surface area contributed by atoms with Crippen molar-refractivity contribution in [2.45, 2.75) is 6.42 Å². The van der Waals surface area contributed by atoms with E-state index in [2.05, 4.69) is 0 Å². The van der Waals surface area contributed by atoms with Crippen molar-refractivity contribution in [2.24, 2.45) is 7.05 Å². The van der Waals surface area contributed by atoms with Gasteiger partial charge in [-0.1, -0.05) is 48.0 Å². The third-order valence-electron chi connectivity index (χ3n) is 5.12. The number of aryl methyl sites for hydroxylation is 1. The Morgan fingerprint density at radius 3 is 2.38 bits per heavy atom. The molecule has 0 bridgehead atoms. The molecular weight excluding hydrogens is 394 g/mol. The van der Waals surface area contributed by atoms with Crippen molar-refractivity contribution in [1.82, 2.24) is 4.57 Å². The SMILES string of the molecule is Cn1c(=O)c(Cc2ccc(-c3ccc(F)c(Cl)c3)cc2F)c(N)c2ccccc21. The van der Waals surface area contributed by atoms with Gasteiger partial charge in [0.25, 0.3) is 5.56 Å². The van der Waals surface area contributed by atoms with Crippen LogP contribution in [0, 0.1) is 11.6 Å². The third-order valence-corrected chi connectivity index (χ3v) is 5.41. The number of rotatable bonds is 3. The summed E-state index contributed by atoms with van der Waals surface area (Å²) < 4.78 is 29.7. The fourth-order valence-corrected chi connectivity index (χ4v) is 3.67. The number of fused-ring (bicyclic) bond motifs is 1. The minimum absolute atomic E-state index is 0.0283. The molecule has 0 atom stereocenters. The van der Waals surface area contributed by atoms with E-state index in [4.69, 9.17) is 17.3 Å². The highest BCUT2D eigenvalue weighted by Gasteiger charge is 2.15. The van der Waals surface area contributed by atoms with Crippen LogP contribution in [0.15, 0.2) is 65.5 Å². The maximum atomic E-state index is 14.8. The summed E-state index contributed by atoms with van der Waals surface area (Å²) in [5.41, 5.74) is 8.94. The number of nitrogens with zero attached hydrogens (tertiary/aromatic N) is 1. The Kier molecular flexibility index (Phi) is 4.84. The molecule has 4 rings (SSSR count). The number of nitrogens with two attached hydrogens (primary N) is 1. The molecule has 1 heterocycles. The van der Waals surface area contributed by atoms with Crippen LogP contribution in [-0.4, -0.2) is 4.57 Å². The average Bonchev–Trinajstić information content (AvgIpc) is 2.72. The van der Waals surface area contributed by atoms with Crippen LogP contribution in [0.3, 0.4) is 0 Å². The maximum Gasteiger partial charge on any atom is 0.256 e. The molecular formula is C23H17ClF2N2O. The molecule has 4 aromatic rings. The van der Waals surface area contributed by atoms with Crippen LogP contribution >= 0.6 is 11.6 Å². The van der Waals surface area contributed by atoms with Crippen molar-refractivity contribution < 1.29 is 8.78 Å². The molecule has 0 amide bonds. The van der Waals surface area contributed by atoms with E-state index in [0.717, 1.165) is 10.9 Å². The van der Waals surface area contributed by atoms with Crippen molar-refractivity contribution in [3.8, 4) is 11.1 Å². The Labute approximate surface area is 171 Å². The zero-order valence-electron chi connectivity index (χ0n) is 15.5. The van der Waals surface area contributed by atoms with Gasteiger partial charge in [-0.2, -0.15) is 0 Å². The quantitative estimate of drug-likeness (QED) is 0.497. The summed E-state index contributed by atoms with van der Waals surface area (Å²) in [7, 11) is 1.67. The van der Waals surface area contributed by atoms with E-state index in [-0.39, 0.29) is 17.0 Å². The molecule has 2 N–H and O–H groups in total. The van der Waals surface area contributed by atoms with Gasteiger partial charge < -0.3 is 10.3 Å². The van der Waals surface area contributed by atoms with E-state index in [0.29, 0.717) is 27.9 Å². The van der Waals surface area contributed by atoms with Gasteiger partial charge in [-0.15, -0.1) is 0 Å². The largest absolute Gasteiger partial charge is 0.398 e. The summed E-state index contributed by atoms with van der Waals surface area (Å²) in [4.78, 5) is 12.8. The van der Waals surface area contributed by atoms with E-state index >= 15 is 0 Å². The molecule has 146 valence electrons.